The van der Waals surface area contributed by atoms with Crippen molar-refractivity contribution >= 4 is 39.1 Å². The van der Waals surface area contributed by atoms with Crippen molar-refractivity contribution in [1.29, 1.82) is 0 Å². The van der Waals surface area contributed by atoms with Gasteiger partial charge in [-0.2, -0.15) is 5.10 Å². The third-order valence-corrected chi connectivity index (χ3v) is 3.52. The summed E-state index contributed by atoms with van der Waals surface area (Å²) in [6, 6.07) is 14.5. The number of benzene rings is 2. The van der Waals surface area contributed by atoms with Crippen LogP contribution in [-0.4, -0.2) is 18.2 Å². The number of carbonyl (C=O) groups excluding carboxylic acids is 1. The van der Waals surface area contributed by atoms with Gasteiger partial charge in [0.1, 0.15) is 5.75 Å². The number of rotatable bonds is 5. The minimum Gasteiger partial charge on any atom is -0.484 e. The quantitative estimate of drug-likeness (QED) is 0.628. The Kier molecular flexibility index (Phi) is 5.98. The summed E-state index contributed by atoms with van der Waals surface area (Å²) >= 11 is 9.17. The molecular formula is C16H14BrClN2O2. The van der Waals surface area contributed by atoms with E-state index in [1.807, 2.05) is 31.2 Å². The molecule has 1 amide bonds. The number of hydrogen-bond acceptors (Lipinski definition) is 3. The van der Waals surface area contributed by atoms with Crippen LogP contribution < -0.4 is 10.2 Å². The molecule has 2 rings (SSSR count). The predicted octanol–water partition coefficient (Wildman–Crippen LogP) is 4.02. The van der Waals surface area contributed by atoms with E-state index in [1.54, 1.807) is 24.3 Å². The van der Waals surface area contributed by atoms with Crippen molar-refractivity contribution in [1.82, 2.24) is 5.43 Å². The van der Waals surface area contributed by atoms with Crippen molar-refractivity contribution in [3.8, 4) is 5.75 Å². The molecule has 0 heterocycles. The monoisotopic (exact) mass is 380 g/mol. The highest BCUT2D eigenvalue weighted by molar-refractivity contribution is 9.10. The largest absolute Gasteiger partial charge is 0.484 e. The van der Waals surface area contributed by atoms with Crippen LogP contribution in [0, 0.1) is 0 Å². The molecular weight excluding hydrogens is 368 g/mol. The fourth-order valence-electron chi connectivity index (χ4n) is 1.64. The zero-order valence-electron chi connectivity index (χ0n) is 11.8. The first-order chi connectivity index (χ1) is 10.5. The molecule has 0 bridgehead atoms. The lowest BCUT2D eigenvalue weighted by molar-refractivity contribution is -0.123. The van der Waals surface area contributed by atoms with Gasteiger partial charge in [0.05, 0.1) is 5.71 Å². The Morgan fingerprint density at radius 1 is 1.27 bits per heavy atom. The van der Waals surface area contributed by atoms with Gasteiger partial charge in [-0.15, -0.1) is 0 Å². The Morgan fingerprint density at radius 2 is 2.00 bits per heavy atom. The van der Waals surface area contributed by atoms with Crippen molar-refractivity contribution < 1.29 is 9.53 Å². The first kappa shape index (κ1) is 16.5. The Balaban J connectivity index is 1.86. The number of ether oxygens (including phenoxy) is 1. The summed E-state index contributed by atoms with van der Waals surface area (Å²) in [5, 5.41) is 4.67. The normalized spacial score (nSPS) is 11.1. The van der Waals surface area contributed by atoms with Gasteiger partial charge in [0.15, 0.2) is 6.61 Å². The van der Waals surface area contributed by atoms with E-state index in [0.717, 1.165) is 10.0 Å². The second-order valence-corrected chi connectivity index (χ2v) is 5.84. The maximum absolute atomic E-state index is 11.7. The van der Waals surface area contributed by atoms with Crippen LogP contribution in [0.2, 0.25) is 5.02 Å². The van der Waals surface area contributed by atoms with Crippen LogP contribution in [0.5, 0.6) is 5.75 Å². The van der Waals surface area contributed by atoms with Crippen molar-refractivity contribution in [2.45, 2.75) is 6.92 Å². The first-order valence-electron chi connectivity index (χ1n) is 6.52. The lowest BCUT2D eigenvalue weighted by atomic mass is 10.1. The van der Waals surface area contributed by atoms with Crippen molar-refractivity contribution in [3.05, 3.63) is 63.6 Å². The van der Waals surface area contributed by atoms with E-state index < -0.39 is 0 Å². The van der Waals surface area contributed by atoms with Gasteiger partial charge in [0, 0.05) is 9.50 Å². The van der Waals surface area contributed by atoms with Crippen molar-refractivity contribution in [2.75, 3.05) is 6.61 Å². The number of hydrazone groups is 1. The number of amides is 1. The minimum atomic E-state index is -0.329. The molecule has 0 fully saturated rings. The molecule has 0 aromatic heterocycles. The zero-order chi connectivity index (χ0) is 15.9. The molecule has 0 aliphatic heterocycles. The van der Waals surface area contributed by atoms with E-state index in [1.165, 1.54) is 0 Å². The number of halogens is 2. The SMILES string of the molecule is CC(=NNC(=O)COc1ccc(Cl)cc1)c1cccc(Br)c1. The molecule has 0 aliphatic rings. The second-order valence-electron chi connectivity index (χ2n) is 4.49. The van der Waals surface area contributed by atoms with Gasteiger partial charge in [-0.3, -0.25) is 4.79 Å². The summed E-state index contributed by atoms with van der Waals surface area (Å²) < 4.78 is 6.29. The van der Waals surface area contributed by atoms with Gasteiger partial charge in [-0.1, -0.05) is 39.7 Å². The van der Waals surface area contributed by atoms with E-state index in [0.29, 0.717) is 16.5 Å². The molecule has 0 saturated carbocycles. The molecule has 2 aromatic rings. The molecule has 2 aromatic carbocycles. The minimum absolute atomic E-state index is 0.114. The summed E-state index contributed by atoms with van der Waals surface area (Å²) in [6.07, 6.45) is 0. The van der Waals surface area contributed by atoms with Crippen LogP contribution in [0.4, 0.5) is 0 Å². The summed E-state index contributed by atoms with van der Waals surface area (Å²) in [5.74, 6) is 0.247. The van der Waals surface area contributed by atoms with Crippen LogP contribution in [-0.2, 0) is 4.79 Å². The zero-order valence-corrected chi connectivity index (χ0v) is 14.2. The van der Waals surface area contributed by atoms with Gasteiger partial charge in [0.25, 0.3) is 5.91 Å². The van der Waals surface area contributed by atoms with Crippen molar-refractivity contribution in [2.24, 2.45) is 5.10 Å². The summed E-state index contributed by atoms with van der Waals surface area (Å²) in [7, 11) is 0. The molecule has 22 heavy (non-hydrogen) atoms. The van der Waals surface area contributed by atoms with Gasteiger partial charge in [0.2, 0.25) is 0 Å². The highest BCUT2D eigenvalue weighted by Gasteiger charge is 2.03. The number of nitrogens with one attached hydrogen (secondary N) is 1. The van der Waals surface area contributed by atoms with E-state index in [9.17, 15) is 4.79 Å². The van der Waals surface area contributed by atoms with E-state index in [4.69, 9.17) is 16.3 Å². The highest BCUT2D eigenvalue weighted by atomic mass is 79.9. The van der Waals surface area contributed by atoms with Crippen LogP contribution in [0.3, 0.4) is 0 Å². The maximum atomic E-state index is 11.7. The number of carbonyl (C=O) groups is 1. The molecule has 0 unspecified atom stereocenters. The molecule has 0 atom stereocenters. The third-order valence-electron chi connectivity index (χ3n) is 2.77. The topological polar surface area (TPSA) is 50.7 Å². The van der Waals surface area contributed by atoms with Crippen LogP contribution in [0.25, 0.3) is 0 Å². The molecule has 114 valence electrons. The Bertz CT molecular complexity index is 687. The maximum Gasteiger partial charge on any atom is 0.277 e. The summed E-state index contributed by atoms with van der Waals surface area (Å²) in [4.78, 5) is 11.7. The second kappa shape index (κ2) is 7.96. The fourth-order valence-corrected chi connectivity index (χ4v) is 2.16. The van der Waals surface area contributed by atoms with E-state index in [-0.39, 0.29) is 12.5 Å². The van der Waals surface area contributed by atoms with Gasteiger partial charge in [-0.25, -0.2) is 5.43 Å². The molecule has 0 aliphatic carbocycles. The van der Waals surface area contributed by atoms with Gasteiger partial charge < -0.3 is 4.74 Å². The molecule has 0 saturated heterocycles. The predicted molar refractivity (Wildman–Crippen MR) is 91.4 cm³/mol. The lowest BCUT2D eigenvalue weighted by Crippen LogP contribution is -2.25. The molecule has 0 radical (unpaired) electrons. The average Bonchev–Trinajstić information content (AvgIpc) is 2.52. The molecule has 6 heteroatoms. The van der Waals surface area contributed by atoms with E-state index in [2.05, 4.69) is 26.5 Å². The first-order valence-corrected chi connectivity index (χ1v) is 7.69. The van der Waals surface area contributed by atoms with E-state index >= 15 is 0 Å². The van der Waals surface area contributed by atoms with Crippen molar-refractivity contribution in [3.63, 3.8) is 0 Å². The molecule has 0 spiro atoms. The van der Waals surface area contributed by atoms with Crippen LogP contribution in [0.1, 0.15) is 12.5 Å². The fraction of sp³-hybridized carbons (Fsp3) is 0.125. The summed E-state index contributed by atoms with van der Waals surface area (Å²) in [6.45, 7) is 1.71. The van der Waals surface area contributed by atoms with Gasteiger partial charge in [-0.05, 0) is 48.9 Å². The molecule has 4 nitrogen and oxygen atoms in total. The third kappa shape index (κ3) is 5.16. The highest BCUT2D eigenvalue weighted by Crippen LogP contribution is 2.15. The lowest BCUT2D eigenvalue weighted by Gasteiger charge is -2.06. The number of hydrogen-bond donors (Lipinski definition) is 1. The average molecular weight is 382 g/mol. The summed E-state index contributed by atoms with van der Waals surface area (Å²) in [5.41, 5.74) is 4.10. The Labute approximate surface area is 142 Å². The molecule has 1 N–H and O–H groups in total. The Morgan fingerprint density at radius 3 is 2.68 bits per heavy atom. The standard InChI is InChI=1S/C16H14BrClN2O2/c1-11(12-3-2-4-13(17)9-12)19-20-16(21)10-22-15-7-5-14(18)6-8-15/h2-9H,10H2,1H3,(H,20,21). The van der Waals surface area contributed by atoms with Crippen LogP contribution in [0.15, 0.2) is 58.1 Å². The Hall–Kier alpha value is -1.85. The van der Waals surface area contributed by atoms with Crippen LogP contribution >= 0.6 is 27.5 Å². The number of nitrogens with zero attached hydrogens (tertiary/aromatic N) is 1. The van der Waals surface area contributed by atoms with Gasteiger partial charge >= 0.3 is 0 Å². The smallest absolute Gasteiger partial charge is 0.277 e.